The largest absolute Gasteiger partial charge is 0.497 e. The van der Waals surface area contributed by atoms with Crippen molar-refractivity contribution in [2.75, 3.05) is 27.2 Å². The number of nitrogens with zero attached hydrogens (tertiary/aromatic N) is 1. The molecule has 0 saturated heterocycles. The van der Waals surface area contributed by atoms with E-state index in [1.54, 1.807) is 25.3 Å². The Bertz CT molecular complexity index is 887. The van der Waals surface area contributed by atoms with E-state index in [1.165, 1.54) is 12.6 Å². The summed E-state index contributed by atoms with van der Waals surface area (Å²) < 4.78 is 31.4. The van der Waals surface area contributed by atoms with Crippen LogP contribution >= 0.6 is 24.0 Å². The first kappa shape index (κ1) is 25.2. The minimum atomic E-state index is -3.46. The third kappa shape index (κ3) is 8.19. The maximum absolute atomic E-state index is 11.9. The Morgan fingerprint density at radius 3 is 2.41 bits per heavy atom. The van der Waals surface area contributed by atoms with E-state index in [2.05, 4.69) is 20.3 Å². The average Bonchev–Trinajstić information content (AvgIpc) is 2.72. The summed E-state index contributed by atoms with van der Waals surface area (Å²) in [4.78, 5) is 4.79. The van der Waals surface area contributed by atoms with Crippen molar-refractivity contribution in [2.45, 2.75) is 24.8 Å². The van der Waals surface area contributed by atoms with Gasteiger partial charge in [0.15, 0.2) is 5.96 Å². The molecule has 7 nitrogen and oxygen atoms in total. The molecule has 0 atom stereocenters. The number of hydrogen-bond donors (Lipinski definition) is 3. The summed E-state index contributed by atoms with van der Waals surface area (Å²) in [5.74, 6) is 1.53. The van der Waals surface area contributed by atoms with Crippen molar-refractivity contribution in [2.24, 2.45) is 4.99 Å². The van der Waals surface area contributed by atoms with Crippen LogP contribution in [0.25, 0.3) is 0 Å². The van der Waals surface area contributed by atoms with Gasteiger partial charge < -0.3 is 15.4 Å². The van der Waals surface area contributed by atoms with Gasteiger partial charge in [-0.25, -0.2) is 18.1 Å². The molecule has 0 fully saturated rings. The number of benzene rings is 2. The van der Waals surface area contributed by atoms with Gasteiger partial charge >= 0.3 is 0 Å². The fourth-order valence-electron chi connectivity index (χ4n) is 2.56. The summed E-state index contributed by atoms with van der Waals surface area (Å²) in [6.45, 7) is 3.85. The zero-order valence-electron chi connectivity index (χ0n) is 16.9. The summed E-state index contributed by atoms with van der Waals surface area (Å²) in [5.41, 5.74) is 2.03. The van der Waals surface area contributed by atoms with Gasteiger partial charge in [-0.1, -0.05) is 24.3 Å². The van der Waals surface area contributed by atoms with Crippen LogP contribution in [-0.4, -0.2) is 41.6 Å². The number of rotatable bonds is 9. The van der Waals surface area contributed by atoms with E-state index in [-0.39, 0.29) is 28.9 Å². The molecule has 2 rings (SSSR count). The molecule has 0 amide bonds. The molecule has 2 aromatic carbocycles. The number of halogens is 1. The molecule has 2 aromatic rings. The summed E-state index contributed by atoms with van der Waals surface area (Å²) in [5, 5.41) is 6.50. The fraction of sp³-hybridized carbons (Fsp3) is 0.350. The second kappa shape index (κ2) is 12.7. The molecule has 0 unspecified atom stereocenters. The molecular formula is C20H29IN4O3S. The third-order valence-corrected chi connectivity index (χ3v) is 5.52. The van der Waals surface area contributed by atoms with E-state index >= 15 is 0 Å². The maximum Gasteiger partial charge on any atom is 0.240 e. The van der Waals surface area contributed by atoms with Gasteiger partial charge in [-0.15, -0.1) is 24.0 Å². The number of methoxy groups -OCH3 is 1. The molecule has 9 heteroatoms. The lowest BCUT2D eigenvalue weighted by Crippen LogP contribution is -2.38. The molecular weight excluding hydrogens is 503 g/mol. The van der Waals surface area contributed by atoms with Crippen LogP contribution in [0, 0.1) is 0 Å². The minimum absolute atomic E-state index is 0. The molecule has 160 valence electrons. The second-order valence-electron chi connectivity index (χ2n) is 6.07. The van der Waals surface area contributed by atoms with Gasteiger partial charge in [-0.3, -0.25) is 0 Å². The Morgan fingerprint density at radius 1 is 1.07 bits per heavy atom. The Balaban J connectivity index is 0.00000420. The van der Waals surface area contributed by atoms with E-state index in [0.717, 1.165) is 30.8 Å². The molecule has 0 aromatic heterocycles. The molecule has 0 aliphatic carbocycles. The zero-order valence-corrected chi connectivity index (χ0v) is 20.1. The van der Waals surface area contributed by atoms with Gasteiger partial charge in [0.25, 0.3) is 0 Å². The van der Waals surface area contributed by atoms with Crippen molar-refractivity contribution in [1.29, 1.82) is 0 Å². The third-order valence-electron chi connectivity index (χ3n) is 4.11. The average molecular weight is 532 g/mol. The molecule has 0 aliphatic rings. The van der Waals surface area contributed by atoms with E-state index in [4.69, 9.17) is 4.74 Å². The Kier molecular flexibility index (Phi) is 11.0. The number of ether oxygens (including phenoxy) is 1. The molecule has 0 saturated carbocycles. The fourth-order valence-corrected chi connectivity index (χ4v) is 3.36. The predicted molar refractivity (Wildman–Crippen MR) is 128 cm³/mol. The lowest BCUT2D eigenvalue weighted by Gasteiger charge is -2.12. The summed E-state index contributed by atoms with van der Waals surface area (Å²) in [7, 11) is -0.407. The summed E-state index contributed by atoms with van der Waals surface area (Å²) >= 11 is 0. The minimum Gasteiger partial charge on any atom is -0.497 e. The first-order valence-corrected chi connectivity index (χ1v) is 10.6. The van der Waals surface area contributed by atoms with E-state index in [9.17, 15) is 8.42 Å². The number of sulfonamides is 1. The smallest absolute Gasteiger partial charge is 0.240 e. The van der Waals surface area contributed by atoms with Crippen LogP contribution in [0.1, 0.15) is 18.1 Å². The monoisotopic (exact) mass is 532 g/mol. The molecule has 0 radical (unpaired) electrons. The first-order chi connectivity index (χ1) is 13.5. The number of nitrogens with one attached hydrogen (secondary N) is 3. The lowest BCUT2D eigenvalue weighted by molar-refractivity contribution is 0.414. The summed E-state index contributed by atoms with van der Waals surface area (Å²) in [6.07, 6.45) is 0.851. The molecule has 0 aliphatic heterocycles. The van der Waals surface area contributed by atoms with Crippen molar-refractivity contribution in [3.05, 3.63) is 59.7 Å². The van der Waals surface area contributed by atoms with Crippen LogP contribution < -0.4 is 20.1 Å². The maximum atomic E-state index is 11.9. The lowest BCUT2D eigenvalue weighted by atomic mass is 10.1. The highest BCUT2D eigenvalue weighted by molar-refractivity contribution is 14.0. The van der Waals surface area contributed by atoms with E-state index in [1.807, 2.05) is 37.3 Å². The highest BCUT2D eigenvalue weighted by Crippen LogP contribution is 2.12. The van der Waals surface area contributed by atoms with Crippen LogP contribution in [0.4, 0.5) is 0 Å². The van der Waals surface area contributed by atoms with Crippen molar-refractivity contribution >= 4 is 40.0 Å². The first-order valence-electron chi connectivity index (χ1n) is 9.16. The van der Waals surface area contributed by atoms with Crippen LogP contribution in [0.2, 0.25) is 0 Å². The van der Waals surface area contributed by atoms with Gasteiger partial charge in [0.05, 0.1) is 18.6 Å². The highest BCUT2D eigenvalue weighted by atomic mass is 127. The van der Waals surface area contributed by atoms with Crippen LogP contribution in [0.5, 0.6) is 5.75 Å². The predicted octanol–water partition coefficient (Wildman–Crippen LogP) is 2.52. The van der Waals surface area contributed by atoms with Gasteiger partial charge in [0.1, 0.15) is 5.75 Å². The molecule has 3 N–H and O–H groups in total. The quantitative estimate of drug-likeness (QED) is 0.262. The molecule has 0 spiro atoms. The highest BCUT2D eigenvalue weighted by Gasteiger charge is 2.11. The Labute approximate surface area is 190 Å². The normalized spacial score (nSPS) is 11.5. The van der Waals surface area contributed by atoms with Gasteiger partial charge in [-0.2, -0.15) is 0 Å². The van der Waals surface area contributed by atoms with Crippen molar-refractivity contribution in [1.82, 2.24) is 15.4 Å². The zero-order chi connectivity index (χ0) is 20.4. The Hall–Kier alpha value is -1.85. The standard InChI is InChI=1S/C20H28N4O3S.HI/c1-4-22-20(23-13-12-16-8-10-18(27-3)11-9-16)24-15-17-6-5-7-19(14-17)28(25,26)21-2;/h5-11,14,21H,4,12-13,15H2,1-3H3,(H2,22,23,24);1H. The van der Waals surface area contributed by atoms with Crippen LogP contribution in [-0.2, 0) is 23.0 Å². The second-order valence-corrected chi connectivity index (χ2v) is 7.96. The van der Waals surface area contributed by atoms with Gasteiger partial charge in [-0.05, 0) is 55.8 Å². The molecule has 29 heavy (non-hydrogen) atoms. The number of guanidine groups is 1. The molecule has 0 bridgehead atoms. The van der Waals surface area contributed by atoms with Crippen LogP contribution in [0.15, 0.2) is 58.4 Å². The Morgan fingerprint density at radius 2 is 1.79 bits per heavy atom. The van der Waals surface area contributed by atoms with Crippen LogP contribution in [0.3, 0.4) is 0 Å². The van der Waals surface area contributed by atoms with Crippen molar-refractivity contribution in [3.8, 4) is 5.75 Å². The topological polar surface area (TPSA) is 91.8 Å². The van der Waals surface area contributed by atoms with Crippen molar-refractivity contribution in [3.63, 3.8) is 0 Å². The molecule has 0 heterocycles. The number of hydrogen-bond acceptors (Lipinski definition) is 4. The van der Waals surface area contributed by atoms with E-state index in [0.29, 0.717) is 12.5 Å². The number of aliphatic imine (C=N–C) groups is 1. The van der Waals surface area contributed by atoms with Gasteiger partial charge in [0.2, 0.25) is 10.0 Å². The SMILES string of the molecule is CCNC(=NCc1cccc(S(=O)(=O)NC)c1)NCCc1ccc(OC)cc1.I. The van der Waals surface area contributed by atoms with Gasteiger partial charge in [0, 0.05) is 13.1 Å². The summed E-state index contributed by atoms with van der Waals surface area (Å²) in [6, 6.07) is 14.8. The van der Waals surface area contributed by atoms with Crippen molar-refractivity contribution < 1.29 is 13.2 Å². The van der Waals surface area contributed by atoms with E-state index < -0.39 is 10.0 Å².